The highest BCUT2D eigenvalue weighted by Gasteiger charge is 2.23. The molecule has 0 spiro atoms. The van der Waals surface area contributed by atoms with Gasteiger partial charge in [0, 0.05) is 49.2 Å². The number of carbonyl (C=O) groups is 2. The van der Waals surface area contributed by atoms with Gasteiger partial charge in [-0.15, -0.1) is 0 Å². The van der Waals surface area contributed by atoms with Gasteiger partial charge in [0.1, 0.15) is 0 Å². The standard InChI is InChI=1S/C35H46F3N5O2/c1-9-24(4)41-32(27(10-2)11-3)18-29(44)21-40-23-43(22-26-16-30(36)33(38)31(37)17-26)34(45)42(8)25(5)19-39-20-28-14-12-13-15-35(28,6)7/h10-20,24-25,40-41H,2,9,21-23H2,1,3-8H3/b27-11-,28-20-,32-18?,39-19?. The number of halogens is 3. The Bertz CT molecular complexity index is 1380. The smallest absolute Gasteiger partial charge is 0.321 e. The maximum atomic E-state index is 14.0. The lowest BCUT2D eigenvalue weighted by Crippen LogP contribution is -2.48. The zero-order valence-electron chi connectivity index (χ0n) is 27.3. The molecular formula is C35H46F3N5O2. The maximum Gasteiger partial charge on any atom is 0.321 e. The summed E-state index contributed by atoms with van der Waals surface area (Å²) in [7, 11) is 1.58. The fourth-order valence-corrected chi connectivity index (χ4v) is 4.32. The summed E-state index contributed by atoms with van der Waals surface area (Å²) in [6.07, 6.45) is 17.1. The predicted molar refractivity (Wildman–Crippen MR) is 176 cm³/mol. The van der Waals surface area contributed by atoms with Crippen LogP contribution in [0.5, 0.6) is 0 Å². The summed E-state index contributed by atoms with van der Waals surface area (Å²) in [6.45, 7) is 15.1. The van der Waals surface area contributed by atoms with Crippen LogP contribution in [-0.4, -0.2) is 60.2 Å². The van der Waals surface area contributed by atoms with Crippen LogP contribution in [-0.2, 0) is 11.3 Å². The van der Waals surface area contributed by atoms with Gasteiger partial charge >= 0.3 is 6.03 Å². The quantitative estimate of drug-likeness (QED) is 0.0726. The van der Waals surface area contributed by atoms with Crippen molar-refractivity contribution in [2.45, 2.75) is 66.6 Å². The van der Waals surface area contributed by atoms with Gasteiger partial charge in [0.2, 0.25) is 0 Å². The normalized spacial score (nSPS) is 17.0. The summed E-state index contributed by atoms with van der Waals surface area (Å²) < 4.78 is 41.6. The van der Waals surface area contributed by atoms with E-state index < -0.39 is 29.5 Å². The summed E-state index contributed by atoms with van der Waals surface area (Å²) in [4.78, 5) is 33.6. The lowest BCUT2D eigenvalue weighted by molar-refractivity contribution is -0.114. The van der Waals surface area contributed by atoms with Crippen molar-refractivity contribution >= 4 is 18.0 Å². The summed E-state index contributed by atoms with van der Waals surface area (Å²) in [5.74, 6) is -4.56. The lowest BCUT2D eigenvalue weighted by atomic mass is 9.82. The minimum atomic E-state index is -1.59. The van der Waals surface area contributed by atoms with Gasteiger partial charge in [-0.1, -0.05) is 63.8 Å². The molecule has 1 aromatic rings. The van der Waals surface area contributed by atoms with Crippen molar-refractivity contribution in [3.05, 3.63) is 107 Å². The molecule has 2 rings (SSSR count). The Labute approximate surface area is 265 Å². The highest BCUT2D eigenvalue weighted by molar-refractivity contribution is 5.92. The van der Waals surface area contributed by atoms with E-state index in [1.54, 1.807) is 32.5 Å². The van der Waals surface area contributed by atoms with Crippen LogP contribution in [0.2, 0.25) is 0 Å². The first-order valence-electron chi connectivity index (χ1n) is 15.0. The molecule has 0 bridgehead atoms. The van der Waals surface area contributed by atoms with Gasteiger partial charge in [-0.3, -0.25) is 15.1 Å². The SMILES string of the molecule is C=C/C(=C/C)C(=CC(=O)CNCN(Cc1cc(F)c(F)c(F)c1)C(=O)N(C)C(C)C=N/C=C1/C=CC=CC1(C)C)NC(C)CC. The van der Waals surface area contributed by atoms with Crippen molar-refractivity contribution in [3.8, 4) is 0 Å². The summed E-state index contributed by atoms with van der Waals surface area (Å²) in [5, 5.41) is 6.27. The first-order valence-corrected chi connectivity index (χ1v) is 15.0. The van der Waals surface area contributed by atoms with Crippen molar-refractivity contribution < 1.29 is 22.8 Å². The number of benzene rings is 1. The average molecular weight is 626 g/mol. The van der Waals surface area contributed by atoms with Crippen LogP contribution in [0.1, 0.15) is 53.5 Å². The van der Waals surface area contributed by atoms with Crippen LogP contribution in [0.15, 0.2) is 89.3 Å². The number of urea groups is 1. The number of allylic oxidation sites excluding steroid dienone is 7. The molecule has 2 amide bonds. The molecule has 45 heavy (non-hydrogen) atoms. The van der Waals surface area contributed by atoms with E-state index in [1.165, 1.54) is 15.9 Å². The molecule has 2 N–H and O–H groups in total. The highest BCUT2D eigenvalue weighted by atomic mass is 19.2. The van der Waals surface area contributed by atoms with Gasteiger partial charge in [0.25, 0.3) is 0 Å². The van der Waals surface area contributed by atoms with E-state index in [9.17, 15) is 22.8 Å². The molecule has 0 aliphatic heterocycles. The minimum absolute atomic E-state index is 0.0512. The van der Waals surface area contributed by atoms with E-state index in [0.29, 0.717) is 5.70 Å². The third-order valence-corrected chi connectivity index (χ3v) is 7.52. The Morgan fingerprint density at radius 2 is 1.80 bits per heavy atom. The fraction of sp³-hybridized carbons (Fsp3) is 0.400. The summed E-state index contributed by atoms with van der Waals surface area (Å²) in [6, 6.07) is 0.860. The Balaban J connectivity index is 2.24. The van der Waals surface area contributed by atoms with Crippen molar-refractivity contribution in [1.82, 2.24) is 20.4 Å². The topological polar surface area (TPSA) is 77.0 Å². The molecule has 2 unspecified atom stereocenters. The number of rotatable bonds is 15. The Morgan fingerprint density at radius 3 is 2.38 bits per heavy atom. The molecule has 0 saturated heterocycles. The number of carbonyl (C=O) groups excluding carboxylic acids is 2. The van der Waals surface area contributed by atoms with Gasteiger partial charge in [-0.25, -0.2) is 18.0 Å². The minimum Gasteiger partial charge on any atom is -0.382 e. The third kappa shape index (κ3) is 11.0. The largest absolute Gasteiger partial charge is 0.382 e. The zero-order valence-corrected chi connectivity index (χ0v) is 27.3. The number of ketones is 1. The third-order valence-electron chi connectivity index (χ3n) is 7.52. The van der Waals surface area contributed by atoms with E-state index in [1.807, 2.05) is 45.1 Å². The van der Waals surface area contributed by atoms with Crippen molar-refractivity contribution in [2.24, 2.45) is 10.4 Å². The molecule has 1 aliphatic carbocycles. The molecular weight excluding hydrogens is 579 g/mol. The number of nitrogens with zero attached hydrogens (tertiary/aromatic N) is 3. The van der Waals surface area contributed by atoms with Gasteiger partial charge < -0.3 is 15.1 Å². The molecule has 0 saturated carbocycles. The molecule has 0 fully saturated rings. The molecule has 0 aromatic heterocycles. The second-order valence-corrected chi connectivity index (χ2v) is 11.5. The number of nitrogens with one attached hydrogen (secondary N) is 2. The summed E-state index contributed by atoms with van der Waals surface area (Å²) in [5.41, 5.74) is 2.27. The molecule has 244 valence electrons. The molecule has 0 radical (unpaired) electrons. The number of amides is 2. The van der Waals surface area contributed by atoms with Crippen LogP contribution in [0.4, 0.5) is 18.0 Å². The summed E-state index contributed by atoms with van der Waals surface area (Å²) >= 11 is 0. The van der Waals surface area contributed by atoms with Crippen LogP contribution < -0.4 is 10.6 Å². The van der Waals surface area contributed by atoms with Crippen LogP contribution in [0, 0.1) is 22.9 Å². The number of aliphatic imine (C=N–C) groups is 1. The monoisotopic (exact) mass is 625 g/mol. The van der Waals surface area contributed by atoms with E-state index in [0.717, 1.165) is 29.7 Å². The molecule has 7 nitrogen and oxygen atoms in total. The van der Waals surface area contributed by atoms with Crippen LogP contribution in [0.3, 0.4) is 0 Å². The van der Waals surface area contributed by atoms with Gasteiger partial charge in [0.05, 0.1) is 19.3 Å². The fourth-order valence-electron chi connectivity index (χ4n) is 4.32. The maximum absolute atomic E-state index is 14.0. The highest BCUT2D eigenvalue weighted by Crippen LogP contribution is 2.31. The van der Waals surface area contributed by atoms with Crippen molar-refractivity contribution in [3.63, 3.8) is 0 Å². The molecule has 1 aromatic carbocycles. The van der Waals surface area contributed by atoms with Crippen molar-refractivity contribution in [1.29, 1.82) is 0 Å². The van der Waals surface area contributed by atoms with Crippen LogP contribution in [0.25, 0.3) is 0 Å². The lowest BCUT2D eigenvalue weighted by Gasteiger charge is -2.31. The van der Waals surface area contributed by atoms with E-state index in [4.69, 9.17) is 0 Å². The molecule has 10 heteroatoms. The second kappa shape index (κ2) is 17.3. The second-order valence-electron chi connectivity index (χ2n) is 11.5. The first-order chi connectivity index (χ1) is 21.2. The van der Waals surface area contributed by atoms with Crippen molar-refractivity contribution in [2.75, 3.05) is 20.3 Å². The average Bonchev–Trinajstić information content (AvgIpc) is 2.99. The first kappa shape index (κ1) is 37.0. The molecule has 0 heterocycles. The molecule has 2 atom stereocenters. The Hall–Kier alpha value is -4.18. The van der Waals surface area contributed by atoms with E-state index >= 15 is 0 Å². The Kier molecular flexibility index (Phi) is 14.3. The Morgan fingerprint density at radius 1 is 1.13 bits per heavy atom. The zero-order chi connectivity index (χ0) is 33.7. The van der Waals surface area contributed by atoms with Gasteiger partial charge in [0.15, 0.2) is 23.2 Å². The van der Waals surface area contributed by atoms with Crippen LogP contribution >= 0.6 is 0 Å². The number of hydrogen-bond acceptors (Lipinski definition) is 5. The molecule has 1 aliphatic rings. The number of hydrogen-bond donors (Lipinski definition) is 2. The predicted octanol–water partition coefficient (Wildman–Crippen LogP) is 6.97. The van der Waals surface area contributed by atoms with Gasteiger partial charge in [-0.05, 0) is 56.0 Å². The van der Waals surface area contributed by atoms with E-state index in [-0.39, 0.29) is 42.6 Å². The van der Waals surface area contributed by atoms with Gasteiger partial charge in [-0.2, -0.15) is 0 Å². The van der Waals surface area contributed by atoms with E-state index in [2.05, 4.69) is 42.1 Å².